The number of anilines is 1. The molecule has 0 aromatic heterocycles. The van der Waals surface area contributed by atoms with E-state index < -0.39 is 29.6 Å². The highest BCUT2D eigenvalue weighted by Gasteiger charge is 2.72. The molecule has 2 saturated heterocycles. The van der Waals surface area contributed by atoms with Gasteiger partial charge < -0.3 is 29.7 Å². The molecule has 0 radical (unpaired) electrons. The average Bonchev–Trinajstić information content (AvgIpc) is 3.54. The molecule has 3 amide bonds. The summed E-state index contributed by atoms with van der Waals surface area (Å²) in [5.74, 6) is -1.45. The minimum absolute atomic E-state index is 0.106. The van der Waals surface area contributed by atoms with Crippen LogP contribution in [-0.4, -0.2) is 73.3 Å². The van der Waals surface area contributed by atoms with Crippen molar-refractivity contribution in [2.45, 2.75) is 69.2 Å². The number of benzene rings is 1. The fourth-order valence-corrected chi connectivity index (χ4v) is 6.44. The Balaban J connectivity index is 1.38. The van der Waals surface area contributed by atoms with E-state index in [1.165, 1.54) is 6.42 Å². The van der Waals surface area contributed by atoms with Gasteiger partial charge in [0.15, 0.2) is 0 Å². The van der Waals surface area contributed by atoms with Gasteiger partial charge in [-0.3, -0.25) is 14.4 Å². The summed E-state index contributed by atoms with van der Waals surface area (Å²) in [7, 11) is 1.61. The van der Waals surface area contributed by atoms with Gasteiger partial charge >= 0.3 is 0 Å². The molecule has 1 aliphatic carbocycles. The first kappa shape index (κ1) is 25.7. The Morgan fingerprint density at radius 1 is 1.14 bits per heavy atom. The van der Waals surface area contributed by atoms with Gasteiger partial charge in [-0.1, -0.05) is 31.4 Å². The fourth-order valence-electron chi connectivity index (χ4n) is 6.44. The Hall–Kier alpha value is -2.91. The van der Waals surface area contributed by atoms with E-state index in [1.807, 2.05) is 19.1 Å². The van der Waals surface area contributed by atoms with Crippen LogP contribution in [0.4, 0.5) is 5.69 Å². The number of hydrogen-bond donors (Lipinski definition) is 2. The van der Waals surface area contributed by atoms with Gasteiger partial charge in [0.05, 0.1) is 24.5 Å². The second kappa shape index (κ2) is 10.8. The van der Waals surface area contributed by atoms with Gasteiger partial charge in [-0.2, -0.15) is 0 Å². The summed E-state index contributed by atoms with van der Waals surface area (Å²) in [6.07, 6.45) is 8.98. The molecule has 5 atom stereocenters. The Labute approximate surface area is 217 Å². The van der Waals surface area contributed by atoms with E-state index in [0.717, 1.165) is 31.4 Å². The molecule has 200 valence electrons. The zero-order valence-corrected chi connectivity index (χ0v) is 21.6. The molecule has 2 N–H and O–H groups in total. The van der Waals surface area contributed by atoms with Gasteiger partial charge in [-0.25, -0.2) is 0 Å². The largest absolute Gasteiger partial charge is 0.494 e. The second-order valence-electron chi connectivity index (χ2n) is 10.4. The standard InChI is InChI=1S/C28H37N3O6/c1-3-36-20-12-10-19(11-13-20)29-25(32)22-21-14-15-28(37-21)23(22)27(34)31(16-7-17-35-2)24(28)26(33)30-18-8-5-4-6-9-18/h10-15,18,21-24H,3-9,16-17H2,1-2H3,(H,29,32)(H,30,33)/t21-,22-,23-,24+,28-/m1/s1. The lowest BCUT2D eigenvalue weighted by atomic mass is 9.74. The van der Waals surface area contributed by atoms with E-state index in [1.54, 1.807) is 36.3 Å². The Morgan fingerprint density at radius 3 is 2.59 bits per heavy atom. The van der Waals surface area contributed by atoms with Crippen molar-refractivity contribution in [1.82, 2.24) is 10.2 Å². The summed E-state index contributed by atoms with van der Waals surface area (Å²) >= 11 is 0. The number of methoxy groups -OCH3 is 1. The molecule has 3 aliphatic heterocycles. The summed E-state index contributed by atoms with van der Waals surface area (Å²) in [4.78, 5) is 42.7. The molecule has 9 heteroatoms. The van der Waals surface area contributed by atoms with Crippen molar-refractivity contribution in [3.8, 4) is 5.75 Å². The lowest BCUT2D eigenvalue weighted by molar-refractivity contribution is -0.141. The van der Waals surface area contributed by atoms with Crippen LogP contribution in [0.25, 0.3) is 0 Å². The lowest BCUT2D eigenvalue weighted by Crippen LogP contribution is -2.56. The first-order valence-electron chi connectivity index (χ1n) is 13.5. The second-order valence-corrected chi connectivity index (χ2v) is 10.4. The van der Waals surface area contributed by atoms with E-state index in [9.17, 15) is 14.4 Å². The molecule has 37 heavy (non-hydrogen) atoms. The maximum atomic E-state index is 13.9. The minimum Gasteiger partial charge on any atom is -0.494 e. The number of carbonyl (C=O) groups is 3. The van der Waals surface area contributed by atoms with Gasteiger partial charge in [0.25, 0.3) is 0 Å². The van der Waals surface area contributed by atoms with Crippen molar-refractivity contribution in [1.29, 1.82) is 0 Å². The fraction of sp³-hybridized carbons (Fsp3) is 0.607. The highest BCUT2D eigenvalue weighted by atomic mass is 16.5. The molecular formula is C28H37N3O6. The highest BCUT2D eigenvalue weighted by Crippen LogP contribution is 2.55. The van der Waals surface area contributed by atoms with Crippen LogP contribution in [0.2, 0.25) is 0 Å². The molecule has 3 heterocycles. The van der Waals surface area contributed by atoms with Crippen molar-refractivity contribution >= 4 is 23.4 Å². The summed E-state index contributed by atoms with van der Waals surface area (Å²) in [6, 6.07) is 6.43. The van der Waals surface area contributed by atoms with Crippen LogP contribution < -0.4 is 15.4 Å². The smallest absolute Gasteiger partial charge is 0.246 e. The van der Waals surface area contributed by atoms with Crippen LogP contribution in [0.1, 0.15) is 45.4 Å². The van der Waals surface area contributed by atoms with E-state index in [2.05, 4.69) is 10.6 Å². The van der Waals surface area contributed by atoms with Crippen LogP contribution in [-0.2, 0) is 23.9 Å². The monoisotopic (exact) mass is 511 g/mol. The van der Waals surface area contributed by atoms with Crippen LogP contribution >= 0.6 is 0 Å². The zero-order valence-electron chi connectivity index (χ0n) is 21.6. The van der Waals surface area contributed by atoms with Gasteiger partial charge in [-0.15, -0.1) is 0 Å². The topological polar surface area (TPSA) is 106 Å². The minimum atomic E-state index is -1.14. The van der Waals surface area contributed by atoms with E-state index >= 15 is 0 Å². The number of likely N-dealkylation sites (tertiary alicyclic amines) is 1. The normalized spacial score (nSPS) is 30.4. The quantitative estimate of drug-likeness (QED) is 0.370. The van der Waals surface area contributed by atoms with Gasteiger partial charge in [0.2, 0.25) is 17.7 Å². The number of nitrogens with zero attached hydrogens (tertiary/aromatic N) is 1. The third-order valence-electron chi connectivity index (χ3n) is 8.06. The van der Waals surface area contributed by atoms with Crippen molar-refractivity contribution < 1.29 is 28.6 Å². The number of carbonyl (C=O) groups excluding carboxylic acids is 3. The maximum Gasteiger partial charge on any atom is 0.246 e. The first-order valence-corrected chi connectivity index (χ1v) is 13.5. The molecule has 5 rings (SSSR count). The average molecular weight is 512 g/mol. The van der Waals surface area contributed by atoms with Crippen molar-refractivity contribution in [3.63, 3.8) is 0 Å². The van der Waals surface area contributed by atoms with Crippen molar-refractivity contribution in [3.05, 3.63) is 36.4 Å². The number of hydrogen-bond acceptors (Lipinski definition) is 6. The molecule has 4 aliphatic rings. The van der Waals surface area contributed by atoms with Crippen LogP contribution in [0.3, 0.4) is 0 Å². The predicted molar refractivity (Wildman–Crippen MR) is 137 cm³/mol. The molecule has 2 bridgehead atoms. The van der Waals surface area contributed by atoms with Gasteiger partial charge in [0.1, 0.15) is 17.4 Å². The molecule has 1 aromatic carbocycles. The summed E-state index contributed by atoms with van der Waals surface area (Å²) in [5, 5.41) is 6.15. The molecular weight excluding hydrogens is 474 g/mol. The van der Waals surface area contributed by atoms with Gasteiger partial charge in [-0.05, 0) is 50.5 Å². The van der Waals surface area contributed by atoms with E-state index in [-0.39, 0.29) is 23.8 Å². The molecule has 1 aromatic rings. The van der Waals surface area contributed by atoms with Crippen LogP contribution in [0, 0.1) is 11.8 Å². The summed E-state index contributed by atoms with van der Waals surface area (Å²) < 4.78 is 17.1. The first-order chi connectivity index (χ1) is 18.0. The Bertz CT molecular complexity index is 1040. The number of amides is 3. The van der Waals surface area contributed by atoms with Crippen LogP contribution in [0.5, 0.6) is 5.75 Å². The SMILES string of the molecule is CCOc1ccc(NC(=O)[C@@H]2[C@H]3C=C[C@]4(O3)[C@H](C(=O)NC3CCCCC3)N(CCCOC)C(=O)[C@@H]24)cc1. The lowest BCUT2D eigenvalue weighted by Gasteiger charge is -2.34. The zero-order chi connectivity index (χ0) is 26.0. The molecule has 3 fully saturated rings. The molecule has 1 spiro atoms. The van der Waals surface area contributed by atoms with Crippen molar-refractivity contribution in [2.75, 3.05) is 32.2 Å². The molecule has 9 nitrogen and oxygen atoms in total. The van der Waals surface area contributed by atoms with Crippen LogP contribution in [0.15, 0.2) is 36.4 Å². The highest BCUT2D eigenvalue weighted by molar-refractivity contribution is 6.02. The Morgan fingerprint density at radius 2 is 1.89 bits per heavy atom. The summed E-state index contributed by atoms with van der Waals surface area (Å²) in [6.45, 7) is 3.30. The summed E-state index contributed by atoms with van der Waals surface area (Å²) in [5.41, 5.74) is -0.530. The molecule has 0 unspecified atom stereocenters. The van der Waals surface area contributed by atoms with E-state index in [0.29, 0.717) is 31.9 Å². The number of fused-ring (bicyclic) bond motifs is 1. The van der Waals surface area contributed by atoms with Gasteiger partial charge in [0, 0.05) is 32.0 Å². The third-order valence-corrected chi connectivity index (χ3v) is 8.06. The third kappa shape index (κ3) is 4.75. The number of ether oxygens (including phenoxy) is 3. The number of nitrogens with one attached hydrogen (secondary N) is 2. The van der Waals surface area contributed by atoms with Crippen molar-refractivity contribution in [2.24, 2.45) is 11.8 Å². The molecule has 1 saturated carbocycles. The van der Waals surface area contributed by atoms with E-state index in [4.69, 9.17) is 14.2 Å². The Kier molecular flexibility index (Phi) is 7.53. The maximum absolute atomic E-state index is 13.9. The number of rotatable bonds is 10. The predicted octanol–water partition coefficient (Wildman–Crippen LogP) is 2.66.